The Labute approximate surface area is 155 Å². The molecule has 0 radical (unpaired) electrons. The summed E-state index contributed by atoms with van der Waals surface area (Å²) in [4.78, 5) is -0.0404. The van der Waals surface area contributed by atoms with E-state index in [1.165, 1.54) is 7.11 Å². The molecule has 0 aliphatic rings. The fourth-order valence-corrected chi connectivity index (χ4v) is 3.26. The van der Waals surface area contributed by atoms with Gasteiger partial charge in [-0.1, -0.05) is 20.8 Å². The van der Waals surface area contributed by atoms with Crippen LogP contribution in [0.1, 0.15) is 31.9 Å². The van der Waals surface area contributed by atoms with Crippen LogP contribution in [0.3, 0.4) is 0 Å². The minimum Gasteiger partial charge on any atom is -0.497 e. The van der Waals surface area contributed by atoms with Crippen molar-refractivity contribution in [3.8, 4) is 17.9 Å². The van der Waals surface area contributed by atoms with Crippen LogP contribution in [-0.4, -0.2) is 11.9 Å². The first-order valence-corrected chi connectivity index (χ1v) is 8.48. The van der Waals surface area contributed by atoms with Gasteiger partial charge in [-0.05, 0) is 24.3 Å². The Bertz CT molecular complexity index is 907. The SMILES string of the molecule is COc1ccc(Nc2c(F)c(C#N)c(C#N)c(F)c2SC(C)(C)C)cc1. The predicted octanol–water partition coefficient (Wildman–Crippen LogP) is 5.35. The van der Waals surface area contributed by atoms with E-state index in [9.17, 15) is 14.0 Å². The Morgan fingerprint density at radius 1 is 1.00 bits per heavy atom. The highest BCUT2D eigenvalue weighted by atomic mass is 32.2. The molecular weight excluding hydrogens is 356 g/mol. The van der Waals surface area contributed by atoms with E-state index in [-0.39, 0.29) is 10.6 Å². The van der Waals surface area contributed by atoms with Gasteiger partial charge < -0.3 is 10.1 Å². The maximum Gasteiger partial charge on any atom is 0.167 e. The molecule has 7 heteroatoms. The highest BCUT2D eigenvalue weighted by molar-refractivity contribution is 8.00. The van der Waals surface area contributed by atoms with Crippen LogP contribution in [-0.2, 0) is 0 Å². The van der Waals surface area contributed by atoms with E-state index < -0.39 is 27.5 Å². The monoisotopic (exact) mass is 373 g/mol. The Balaban J connectivity index is 2.66. The Kier molecular flexibility index (Phi) is 5.74. The van der Waals surface area contributed by atoms with Crippen molar-refractivity contribution >= 4 is 23.1 Å². The molecule has 0 aliphatic carbocycles. The molecule has 0 aliphatic heterocycles. The Morgan fingerprint density at radius 3 is 2.00 bits per heavy atom. The van der Waals surface area contributed by atoms with Crippen molar-refractivity contribution in [1.82, 2.24) is 0 Å². The van der Waals surface area contributed by atoms with Crippen molar-refractivity contribution in [1.29, 1.82) is 10.5 Å². The summed E-state index contributed by atoms with van der Waals surface area (Å²) in [6, 6.07) is 9.80. The summed E-state index contributed by atoms with van der Waals surface area (Å²) in [7, 11) is 1.52. The van der Waals surface area contributed by atoms with Crippen molar-refractivity contribution in [2.75, 3.05) is 12.4 Å². The van der Waals surface area contributed by atoms with Gasteiger partial charge in [0.25, 0.3) is 0 Å². The maximum absolute atomic E-state index is 14.9. The van der Waals surface area contributed by atoms with Gasteiger partial charge in [0.05, 0.1) is 17.7 Å². The molecule has 0 atom stereocenters. The summed E-state index contributed by atoms with van der Waals surface area (Å²) in [5.41, 5.74) is -0.868. The molecule has 0 aromatic heterocycles. The Hall–Kier alpha value is -2.77. The van der Waals surface area contributed by atoms with E-state index >= 15 is 0 Å². The van der Waals surface area contributed by atoms with E-state index in [4.69, 9.17) is 10.00 Å². The number of anilines is 2. The molecule has 4 nitrogen and oxygen atoms in total. The summed E-state index contributed by atoms with van der Waals surface area (Å²) < 4.78 is 34.5. The van der Waals surface area contributed by atoms with Crippen molar-refractivity contribution in [3.63, 3.8) is 0 Å². The molecule has 0 amide bonds. The smallest absolute Gasteiger partial charge is 0.167 e. The topological polar surface area (TPSA) is 68.8 Å². The van der Waals surface area contributed by atoms with Gasteiger partial charge in [-0.2, -0.15) is 10.5 Å². The first-order valence-electron chi connectivity index (χ1n) is 7.67. The molecule has 0 bridgehead atoms. The number of ether oxygens (including phenoxy) is 1. The molecule has 134 valence electrons. The van der Waals surface area contributed by atoms with Gasteiger partial charge in [0.2, 0.25) is 0 Å². The van der Waals surface area contributed by atoms with Crippen molar-refractivity contribution in [3.05, 3.63) is 47.0 Å². The minimum absolute atomic E-state index is 0.0404. The van der Waals surface area contributed by atoms with Crippen LogP contribution >= 0.6 is 11.8 Å². The number of halogens is 2. The normalized spacial score (nSPS) is 10.8. The molecule has 0 saturated carbocycles. The van der Waals surface area contributed by atoms with E-state index in [0.29, 0.717) is 11.4 Å². The molecule has 1 N–H and O–H groups in total. The molecule has 26 heavy (non-hydrogen) atoms. The summed E-state index contributed by atoms with van der Waals surface area (Å²) in [5, 5.41) is 21.2. The number of methoxy groups -OCH3 is 1. The van der Waals surface area contributed by atoms with Crippen molar-refractivity contribution in [2.45, 2.75) is 30.4 Å². The van der Waals surface area contributed by atoms with Crippen molar-refractivity contribution in [2.24, 2.45) is 0 Å². The molecule has 2 aromatic carbocycles. The molecule has 0 unspecified atom stereocenters. The average Bonchev–Trinajstić information content (AvgIpc) is 2.60. The minimum atomic E-state index is -0.951. The summed E-state index contributed by atoms with van der Waals surface area (Å²) in [6.07, 6.45) is 0. The maximum atomic E-state index is 14.9. The zero-order valence-electron chi connectivity index (χ0n) is 14.8. The second kappa shape index (κ2) is 7.63. The van der Waals surface area contributed by atoms with Crippen molar-refractivity contribution < 1.29 is 13.5 Å². The fourth-order valence-electron chi connectivity index (χ4n) is 2.21. The van der Waals surface area contributed by atoms with Gasteiger partial charge >= 0.3 is 0 Å². The van der Waals surface area contributed by atoms with Crippen LogP contribution in [0.15, 0.2) is 29.2 Å². The van der Waals surface area contributed by atoms with Gasteiger partial charge in [0.1, 0.15) is 29.0 Å². The second-order valence-electron chi connectivity index (χ2n) is 6.37. The number of thioether (sulfide) groups is 1. The zero-order valence-corrected chi connectivity index (χ0v) is 15.6. The predicted molar refractivity (Wildman–Crippen MR) is 97.7 cm³/mol. The van der Waals surface area contributed by atoms with Gasteiger partial charge in [0.15, 0.2) is 11.6 Å². The third kappa shape index (κ3) is 4.07. The van der Waals surface area contributed by atoms with E-state index in [1.807, 2.05) is 20.8 Å². The van der Waals surface area contributed by atoms with Crippen LogP contribution < -0.4 is 10.1 Å². The van der Waals surface area contributed by atoms with Gasteiger partial charge in [0, 0.05) is 10.4 Å². The van der Waals surface area contributed by atoms with E-state index in [1.54, 1.807) is 36.4 Å². The number of rotatable bonds is 4. The van der Waals surface area contributed by atoms with Crippen LogP contribution in [0, 0.1) is 34.3 Å². The summed E-state index contributed by atoms with van der Waals surface area (Å²) >= 11 is 1.08. The Morgan fingerprint density at radius 2 is 1.54 bits per heavy atom. The lowest BCUT2D eigenvalue weighted by Crippen LogP contribution is -2.11. The number of nitrogens with zero attached hydrogens (tertiary/aromatic N) is 2. The summed E-state index contributed by atoms with van der Waals surface area (Å²) in [6.45, 7) is 5.53. The zero-order chi connectivity index (χ0) is 19.5. The second-order valence-corrected chi connectivity index (χ2v) is 8.21. The largest absolute Gasteiger partial charge is 0.497 e. The number of nitriles is 2. The molecule has 0 heterocycles. The van der Waals surface area contributed by atoms with E-state index in [0.717, 1.165) is 11.8 Å². The molecule has 2 rings (SSSR count). The lowest BCUT2D eigenvalue weighted by molar-refractivity contribution is 0.415. The van der Waals surface area contributed by atoms with Crippen LogP contribution in [0.25, 0.3) is 0 Å². The van der Waals surface area contributed by atoms with Crippen LogP contribution in [0.4, 0.5) is 20.2 Å². The molecule has 0 fully saturated rings. The van der Waals surface area contributed by atoms with E-state index in [2.05, 4.69) is 5.32 Å². The standard InChI is InChI=1S/C19H17F2N3OS/c1-19(2,3)26-18-16(21)14(10-23)13(9-22)15(20)17(18)24-11-5-7-12(25-4)8-6-11/h5-8,24H,1-4H3. The van der Waals surface area contributed by atoms with Gasteiger partial charge in [-0.25, -0.2) is 8.78 Å². The highest BCUT2D eigenvalue weighted by Gasteiger charge is 2.28. The third-order valence-electron chi connectivity index (χ3n) is 3.33. The lowest BCUT2D eigenvalue weighted by Gasteiger charge is -2.22. The number of nitrogens with one attached hydrogen (secondary N) is 1. The fraction of sp³-hybridized carbons (Fsp3) is 0.263. The molecule has 2 aromatic rings. The highest BCUT2D eigenvalue weighted by Crippen LogP contribution is 2.43. The number of hydrogen-bond donors (Lipinski definition) is 1. The van der Waals surface area contributed by atoms with Gasteiger partial charge in [-0.15, -0.1) is 11.8 Å². The molecule has 0 spiro atoms. The lowest BCUT2D eigenvalue weighted by atomic mass is 10.1. The number of hydrogen-bond acceptors (Lipinski definition) is 5. The third-order valence-corrected chi connectivity index (χ3v) is 4.53. The quantitative estimate of drug-likeness (QED) is 0.732. The molecule has 0 saturated heterocycles. The average molecular weight is 373 g/mol. The summed E-state index contributed by atoms with van der Waals surface area (Å²) in [5.74, 6) is -1.24. The van der Waals surface area contributed by atoms with Crippen LogP contribution in [0.5, 0.6) is 5.75 Å². The van der Waals surface area contributed by atoms with Crippen LogP contribution in [0.2, 0.25) is 0 Å². The molecular formula is C19H17F2N3OS. The first kappa shape index (κ1) is 19.6. The van der Waals surface area contributed by atoms with Gasteiger partial charge in [-0.3, -0.25) is 0 Å². The first-order chi connectivity index (χ1) is 12.2. The number of benzene rings is 2.